The SMILES string of the molecule is O=C(CCC(=O)N1CCCC1)c1ccco1. The van der Waals surface area contributed by atoms with Crippen molar-refractivity contribution < 1.29 is 14.0 Å². The van der Waals surface area contributed by atoms with Gasteiger partial charge in [-0.1, -0.05) is 0 Å². The lowest BCUT2D eigenvalue weighted by molar-refractivity contribution is -0.130. The molecule has 2 rings (SSSR count). The van der Waals surface area contributed by atoms with Gasteiger partial charge in [0.05, 0.1) is 6.26 Å². The highest BCUT2D eigenvalue weighted by atomic mass is 16.3. The van der Waals surface area contributed by atoms with Crippen LogP contribution in [-0.2, 0) is 4.79 Å². The lowest BCUT2D eigenvalue weighted by Gasteiger charge is -2.14. The molecule has 1 amide bonds. The molecule has 2 heterocycles. The van der Waals surface area contributed by atoms with Crippen LogP contribution in [0.4, 0.5) is 0 Å². The molecule has 0 N–H and O–H groups in total. The van der Waals surface area contributed by atoms with Crippen molar-refractivity contribution in [2.45, 2.75) is 25.7 Å². The normalized spacial score (nSPS) is 15.4. The zero-order valence-electron chi connectivity index (χ0n) is 9.15. The van der Waals surface area contributed by atoms with E-state index in [1.165, 1.54) is 6.26 Å². The maximum absolute atomic E-state index is 11.7. The third kappa shape index (κ3) is 2.51. The number of hydrogen-bond acceptors (Lipinski definition) is 3. The number of amides is 1. The van der Waals surface area contributed by atoms with Crippen molar-refractivity contribution >= 4 is 11.7 Å². The first-order valence-electron chi connectivity index (χ1n) is 5.62. The monoisotopic (exact) mass is 221 g/mol. The molecule has 4 heteroatoms. The van der Waals surface area contributed by atoms with E-state index in [0.717, 1.165) is 25.9 Å². The average molecular weight is 221 g/mol. The Morgan fingerprint density at radius 2 is 2.00 bits per heavy atom. The molecule has 0 spiro atoms. The number of rotatable bonds is 4. The summed E-state index contributed by atoms with van der Waals surface area (Å²) in [5, 5.41) is 0. The van der Waals surface area contributed by atoms with E-state index in [1.807, 2.05) is 4.90 Å². The number of furan rings is 1. The fourth-order valence-corrected chi connectivity index (χ4v) is 1.91. The van der Waals surface area contributed by atoms with Crippen LogP contribution < -0.4 is 0 Å². The summed E-state index contributed by atoms with van der Waals surface area (Å²) in [5.41, 5.74) is 0. The molecule has 1 saturated heterocycles. The van der Waals surface area contributed by atoms with Gasteiger partial charge in [-0.25, -0.2) is 0 Å². The van der Waals surface area contributed by atoms with E-state index >= 15 is 0 Å². The summed E-state index contributed by atoms with van der Waals surface area (Å²) in [6, 6.07) is 3.30. The summed E-state index contributed by atoms with van der Waals surface area (Å²) in [6.45, 7) is 1.68. The Kier molecular flexibility index (Phi) is 3.39. The summed E-state index contributed by atoms with van der Waals surface area (Å²) >= 11 is 0. The summed E-state index contributed by atoms with van der Waals surface area (Å²) in [4.78, 5) is 25.1. The molecule has 0 bridgehead atoms. The van der Waals surface area contributed by atoms with Gasteiger partial charge in [-0.2, -0.15) is 0 Å². The minimum Gasteiger partial charge on any atom is -0.461 e. The quantitative estimate of drug-likeness (QED) is 0.729. The summed E-state index contributed by atoms with van der Waals surface area (Å²) in [6.07, 6.45) is 4.16. The molecule has 1 aliphatic heterocycles. The maximum Gasteiger partial charge on any atom is 0.223 e. The molecule has 1 aromatic rings. The molecule has 0 atom stereocenters. The van der Waals surface area contributed by atoms with Crippen LogP contribution in [0.25, 0.3) is 0 Å². The number of ketones is 1. The molecule has 1 fully saturated rings. The number of nitrogens with zero attached hydrogens (tertiary/aromatic N) is 1. The highest BCUT2D eigenvalue weighted by molar-refractivity contribution is 5.95. The van der Waals surface area contributed by atoms with E-state index < -0.39 is 0 Å². The summed E-state index contributed by atoms with van der Waals surface area (Å²) in [5.74, 6) is 0.323. The van der Waals surface area contributed by atoms with Crippen LogP contribution in [0.1, 0.15) is 36.2 Å². The molecule has 0 radical (unpaired) electrons. The number of carbonyl (C=O) groups excluding carboxylic acids is 2. The van der Waals surface area contributed by atoms with Gasteiger partial charge in [0.15, 0.2) is 11.5 Å². The van der Waals surface area contributed by atoms with Crippen molar-refractivity contribution in [1.82, 2.24) is 4.90 Å². The van der Waals surface area contributed by atoms with Crippen LogP contribution in [0.15, 0.2) is 22.8 Å². The first kappa shape index (κ1) is 10.9. The molecule has 16 heavy (non-hydrogen) atoms. The van der Waals surface area contributed by atoms with Crippen molar-refractivity contribution in [3.05, 3.63) is 24.2 Å². The molecular formula is C12H15NO3. The predicted molar refractivity (Wildman–Crippen MR) is 58.1 cm³/mol. The molecule has 0 aliphatic carbocycles. The largest absolute Gasteiger partial charge is 0.461 e. The second-order valence-corrected chi connectivity index (χ2v) is 3.99. The molecule has 4 nitrogen and oxygen atoms in total. The van der Waals surface area contributed by atoms with Crippen molar-refractivity contribution in [2.75, 3.05) is 13.1 Å². The van der Waals surface area contributed by atoms with Gasteiger partial charge in [-0.3, -0.25) is 9.59 Å². The van der Waals surface area contributed by atoms with Crippen molar-refractivity contribution in [2.24, 2.45) is 0 Å². The fourth-order valence-electron chi connectivity index (χ4n) is 1.91. The van der Waals surface area contributed by atoms with Crippen LogP contribution in [0.2, 0.25) is 0 Å². The van der Waals surface area contributed by atoms with E-state index in [0.29, 0.717) is 12.2 Å². The van der Waals surface area contributed by atoms with Gasteiger partial charge in [0.1, 0.15) is 0 Å². The van der Waals surface area contributed by atoms with E-state index in [-0.39, 0.29) is 18.1 Å². The Morgan fingerprint density at radius 3 is 2.62 bits per heavy atom. The number of carbonyl (C=O) groups is 2. The van der Waals surface area contributed by atoms with Crippen molar-refractivity contribution in [1.29, 1.82) is 0 Å². The second kappa shape index (κ2) is 4.96. The van der Waals surface area contributed by atoms with Gasteiger partial charge in [0.2, 0.25) is 5.91 Å². The molecule has 1 aliphatic rings. The number of hydrogen-bond donors (Lipinski definition) is 0. The third-order valence-electron chi connectivity index (χ3n) is 2.82. The van der Waals surface area contributed by atoms with Crippen LogP contribution in [0.5, 0.6) is 0 Å². The standard InChI is InChI=1S/C12H15NO3/c14-10(11-4-3-9-16-11)5-6-12(15)13-7-1-2-8-13/h3-4,9H,1-2,5-8H2. The molecule has 86 valence electrons. The van der Waals surface area contributed by atoms with Crippen molar-refractivity contribution in [3.63, 3.8) is 0 Å². The third-order valence-corrected chi connectivity index (χ3v) is 2.82. The highest BCUT2D eigenvalue weighted by Gasteiger charge is 2.19. The molecule has 0 unspecified atom stereocenters. The molecule has 1 aromatic heterocycles. The van der Waals surface area contributed by atoms with Gasteiger partial charge in [0, 0.05) is 25.9 Å². The zero-order chi connectivity index (χ0) is 11.4. The predicted octanol–water partition coefficient (Wildman–Crippen LogP) is 1.86. The second-order valence-electron chi connectivity index (χ2n) is 3.99. The topological polar surface area (TPSA) is 50.5 Å². The highest BCUT2D eigenvalue weighted by Crippen LogP contribution is 2.12. The molecular weight excluding hydrogens is 206 g/mol. The Hall–Kier alpha value is -1.58. The zero-order valence-corrected chi connectivity index (χ0v) is 9.15. The van der Waals surface area contributed by atoms with E-state index in [4.69, 9.17) is 4.42 Å². The van der Waals surface area contributed by atoms with E-state index in [2.05, 4.69) is 0 Å². The minimum absolute atomic E-state index is 0.0809. The van der Waals surface area contributed by atoms with Gasteiger partial charge in [-0.05, 0) is 25.0 Å². The first-order valence-corrected chi connectivity index (χ1v) is 5.62. The van der Waals surface area contributed by atoms with E-state index in [9.17, 15) is 9.59 Å². The van der Waals surface area contributed by atoms with E-state index in [1.54, 1.807) is 12.1 Å². The van der Waals surface area contributed by atoms with Crippen LogP contribution in [0.3, 0.4) is 0 Å². The van der Waals surface area contributed by atoms with Gasteiger partial charge < -0.3 is 9.32 Å². The van der Waals surface area contributed by atoms with Crippen LogP contribution in [0, 0.1) is 0 Å². The Balaban J connectivity index is 1.79. The van der Waals surface area contributed by atoms with Crippen molar-refractivity contribution in [3.8, 4) is 0 Å². The molecule has 0 aromatic carbocycles. The lowest BCUT2D eigenvalue weighted by Crippen LogP contribution is -2.27. The molecule has 0 saturated carbocycles. The Labute approximate surface area is 94.2 Å². The van der Waals surface area contributed by atoms with Gasteiger partial charge in [-0.15, -0.1) is 0 Å². The Morgan fingerprint density at radius 1 is 1.25 bits per heavy atom. The smallest absolute Gasteiger partial charge is 0.223 e. The summed E-state index contributed by atoms with van der Waals surface area (Å²) in [7, 11) is 0. The number of Topliss-reactive ketones (excluding diaryl/α,β-unsaturated/α-hetero) is 1. The Bertz CT molecular complexity index is 364. The summed E-state index contributed by atoms with van der Waals surface area (Å²) < 4.78 is 4.98. The average Bonchev–Trinajstić information content (AvgIpc) is 2.95. The maximum atomic E-state index is 11.7. The minimum atomic E-state index is -0.0995. The fraction of sp³-hybridized carbons (Fsp3) is 0.500. The van der Waals surface area contributed by atoms with Crippen LogP contribution >= 0.6 is 0 Å². The van der Waals surface area contributed by atoms with Gasteiger partial charge in [0.25, 0.3) is 0 Å². The number of likely N-dealkylation sites (tertiary alicyclic amines) is 1. The van der Waals surface area contributed by atoms with Crippen LogP contribution in [-0.4, -0.2) is 29.7 Å². The first-order chi connectivity index (χ1) is 7.77. The van der Waals surface area contributed by atoms with Gasteiger partial charge >= 0.3 is 0 Å². The lowest BCUT2D eigenvalue weighted by atomic mass is 10.1.